The van der Waals surface area contributed by atoms with Crippen LogP contribution >= 0.6 is 11.8 Å². The van der Waals surface area contributed by atoms with Crippen LogP contribution in [0.5, 0.6) is 0 Å². The maximum Gasteiger partial charge on any atom is 0.278 e. The Morgan fingerprint density at radius 2 is 1.72 bits per heavy atom. The van der Waals surface area contributed by atoms with Gasteiger partial charge in [0.1, 0.15) is 5.52 Å². The number of fused-ring (bicyclic) bond motifs is 1. The summed E-state index contributed by atoms with van der Waals surface area (Å²) in [5, 5.41) is 17.8. The predicted octanol–water partition coefficient (Wildman–Crippen LogP) is 2.34. The fraction of sp³-hybridized carbons (Fsp3) is 0.118. The van der Waals surface area contributed by atoms with Crippen molar-refractivity contribution in [2.45, 2.75) is 11.0 Å². The molecule has 2 heterocycles. The molecule has 7 nitrogen and oxygen atoms in total. The Labute approximate surface area is 147 Å². The highest BCUT2D eigenvalue weighted by Crippen LogP contribution is 2.22. The Kier molecular flexibility index (Phi) is 4.02. The number of aromatic nitrogens is 6. The van der Waals surface area contributed by atoms with Gasteiger partial charge >= 0.3 is 0 Å². The quantitative estimate of drug-likeness (QED) is 0.526. The molecule has 0 bridgehead atoms. The standard InChI is InChI=1S/C17H14N6OS/c1-22-15(12-7-3-2-4-8-12)19-20-17(22)25-11-23-16(24)13-9-5-6-10-14(13)18-21-23/h2-10H,11H2,1H3. The van der Waals surface area contributed by atoms with Gasteiger partial charge in [-0.15, -0.1) is 15.3 Å². The van der Waals surface area contributed by atoms with Crippen molar-refractivity contribution in [2.75, 3.05) is 0 Å². The van der Waals surface area contributed by atoms with Crippen molar-refractivity contribution in [3.05, 3.63) is 65.0 Å². The summed E-state index contributed by atoms with van der Waals surface area (Å²) < 4.78 is 3.24. The van der Waals surface area contributed by atoms with Crippen LogP contribution in [-0.4, -0.2) is 29.8 Å². The van der Waals surface area contributed by atoms with E-state index in [1.54, 1.807) is 12.1 Å². The van der Waals surface area contributed by atoms with Crippen LogP contribution in [0.4, 0.5) is 0 Å². The van der Waals surface area contributed by atoms with Gasteiger partial charge in [0.05, 0.1) is 11.3 Å². The lowest BCUT2D eigenvalue weighted by atomic mass is 10.2. The first-order chi connectivity index (χ1) is 12.2. The fourth-order valence-corrected chi connectivity index (χ4v) is 3.29. The van der Waals surface area contributed by atoms with Crippen LogP contribution < -0.4 is 5.56 Å². The minimum Gasteiger partial charge on any atom is -0.305 e. The SMILES string of the molecule is Cn1c(SCn2nnc3ccccc3c2=O)nnc1-c1ccccc1. The van der Waals surface area contributed by atoms with Crippen LogP contribution in [0.2, 0.25) is 0 Å². The molecule has 0 saturated carbocycles. The van der Waals surface area contributed by atoms with Gasteiger partial charge in [0.2, 0.25) is 0 Å². The molecule has 25 heavy (non-hydrogen) atoms. The second-order valence-corrected chi connectivity index (χ2v) is 6.33. The van der Waals surface area contributed by atoms with Gasteiger partial charge in [-0.05, 0) is 12.1 Å². The Morgan fingerprint density at radius 1 is 0.960 bits per heavy atom. The number of thioether (sulfide) groups is 1. The Bertz CT molecular complexity index is 1090. The van der Waals surface area contributed by atoms with Crippen molar-refractivity contribution in [3.63, 3.8) is 0 Å². The maximum atomic E-state index is 12.5. The first-order valence-electron chi connectivity index (χ1n) is 7.64. The van der Waals surface area contributed by atoms with E-state index in [-0.39, 0.29) is 5.56 Å². The number of hydrogen-bond acceptors (Lipinski definition) is 6. The molecule has 8 heteroatoms. The lowest BCUT2D eigenvalue weighted by molar-refractivity contribution is 0.642. The van der Waals surface area contributed by atoms with E-state index < -0.39 is 0 Å². The minimum absolute atomic E-state index is 0.163. The van der Waals surface area contributed by atoms with Crippen molar-refractivity contribution in [1.82, 2.24) is 29.8 Å². The molecular formula is C17H14N6OS. The van der Waals surface area contributed by atoms with Gasteiger partial charge in [0.15, 0.2) is 11.0 Å². The molecule has 0 aliphatic rings. The molecule has 0 amide bonds. The zero-order chi connectivity index (χ0) is 17.2. The second kappa shape index (κ2) is 6.48. The zero-order valence-electron chi connectivity index (χ0n) is 13.4. The molecule has 124 valence electrons. The lowest BCUT2D eigenvalue weighted by Gasteiger charge is -2.05. The van der Waals surface area contributed by atoms with Gasteiger partial charge in [0, 0.05) is 12.6 Å². The molecule has 2 aromatic carbocycles. The molecule has 2 aromatic heterocycles. The van der Waals surface area contributed by atoms with E-state index in [0.717, 1.165) is 11.4 Å². The highest BCUT2D eigenvalue weighted by molar-refractivity contribution is 7.98. The van der Waals surface area contributed by atoms with Crippen LogP contribution in [0, 0.1) is 0 Å². The van der Waals surface area contributed by atoms with E-state index in [9.17, 15) is 4.79 Å². The van der Waals surface area contributed by atoms with Gasteiger partial charge in [-0.1, -0.05) is 59.4 Å². The van der Waals surface area contributed by atoms with E-state index in [1.165, 1.54) is 16.4 Å². The summed E-state index contributed by atoms with van der Waals surface area (Å²) >= 11 is 1.39. The fourth-order valence-electron chi connectivity index (χ4n) is 2.51. The number of nitrogens with zero attached hydrogens (tertiary/aromatic N) is 6. The van der Waals surface area contributed by atoms with Crippen molar-refractivity contribution in [3.8, 4) is 11.4 Å². The summed E-state index contributed by atoms with van der Waals surface area (Å²) in [6.45, 7) is 0. The van der Waals surface area contributed by atoms with Crippen LogP contribution in [0.3, 0.4) is 0 Å². The van der Waals surface area contributed by atoms with E-state index in [0.29, 0.717) is 21.9 Å². The van der Waals surface area contributed by atoms with Crippen molar-refractivity contribution >= 4 is 22.7 Å². The highest BCUT2D eigenvalue weighted by atomic mass is 32.2. The average Bonchev–Trinajstić information content (AvgIpc) is 3.03. The number of rotatable bonds is 4. The van der Waals surface area contributed by atoms with Crippen LogP contribution in [0.25, 0.3) is 22.3 Å². The highest BCUT2D eigenvalue weighted by Gasteiger charge is 2.12. The topological polar surface area (TPSA) is 78.5 Å². The molecule has 0 aliphatic carbocycles. The first-order valence-corrected chi connectivity index (χ1v) is 8.63. The third-order valence-electron chi connectivity index (χ3n) is 3.81. The largest absolute Gasteiger partial charge is 0.305 e. The lowest BCUT2D eigenvalue weighted by Crippen LogP contribution is -2.23. The Hall–Kier alpha value is -3.00. The van der Waals surface area contributed by atoms with E-state index in [2.05, 4.69) is 20.5 Å². The Morgan fingerprint density at radius 3 is 2.56 bits per heavy atom. The minimum atomic E-state index is -0.163. The van der Waals surface area contributed by atoms with Gasteiger partial charge in [0.25, 0.3) is 5.56 Å². The van der Waals surface area contributed by atoms with Gasteiger partial charge < -0.3 is 4.57 Å². The molecular weight excluding hydrogens is 336 g/mol. The smallest absolute Gasteiger partial charge is 0.278 e. The summed E-state index contributed by atoms with van der Waals surface area (Å²) in [4.78, 5) is 12.5. The van der Waals surface area contributed by atoms with Gasteiger partial charge in [-0.3, -0.25) is 4.79 Å². The molecule has 0 unspecified atom stereocenters. The second-order valence-electron chi connectivity index (χ2n) is 5.42. The van der Waals surface area contributed by atoms with Crippen molar-refractivity contribution < 1.29 is 0 Å². The number of hydrogen-bond donors (Lipinski definition) is 0. The summed E-state index contributed by atoms with van der Waals surface area (Å²) in [5.74, 6) is 1.09. The van der Waals surface area contributed by atoms with Gasteiger partial charge in [-0.2, -0.15) is 4.68 Å². The molecule has 4 rings (SSSR count). The van der Waals surface area contributed by atoms with Crippen LogP contribution in [0.1, 0.15) is 0 Å². The van der Waals surface area contributed by atoms with E-state index in [4.69, 9.17) is 0 Å². The molecule has 0 aliphatic heterocycles. The molecule has 0 radical (unpaired) electrons. The molecule has 0 saturated heterocycles. The molecule has 0 N–H and O–H groups in total. The van der Waals surface area contributed by atoms with Crippen LogP contribution in [0.15, 0.2) is 64.5 Å². The van der Waals surface area contributed by atoms with Crippen LogP contribution in [-0.2, 0) is 12.9 Å². The molecule has 0 fully saturated rings. The average molecular weight is 350 g/mol. The zero-order valence-corrected chi connectivity index (χ0v) is 14.2. The first kappa shape index (κ1) is 15.5. The third kappa shape index (κ3) is 2.91. The molecule has 4 aromatic rings. The van der Waals surface area contributed by atoms with Crippen molar-refractivity contribution in [1.29, 1.82) is 0 Å². The maximum absolute atomic E-state index is 12.5. The van der Waals surface area contributed by atoms with Crippen molar-refractivity contribution in [2.24, 2.45) is 7.05 Å². The normalized spacial score (nSPS) is 11.1. The predicted molar refractivity (Wildman–Crippen MR) is 96.1 cm³/mol. The Balaban J connectivity index is 1.59. The molecule has 0 atom stereocenters. The van der Waals surface area contributed by atoms with E-state index >= 15 is 0 Å². The summed E-state index contributed by atoms with van der Waals surface area (Å²) in [6.07, 6.45) is 0. The summed E-state index contributed by atoms with van der Waals surface area (Å²) in [5.41, 5.74) is 1.43. The summed E-state index contributed by atoms with van der Waals surface area (Å²) in [6, 6.07) is 17.0. The summed E-state index contributed by atoms with van der Waals surface area (Å²) in [7, 11) is 1.90. The van der Waals surface area contributed by atoms with E-state index in [1.807, 2.05) is 54.1 Å². The third-order valence-corrected chi connectivity index (χ3v) is 4.80. The number of benzene rings is 2. The van der Waals surface area contributed by atoms with Gasteiger partial charge in [-0.25, -0.2) is 0 Å². The molecule has 0 spiro atoms. The monoisotopic (exact) mass is 350 g/mol.